The third kappa shape index (κ3) is 2.39. The second kappa shape index (κ2) is 4.72. The highest BCUT2D eigenvalue weighted by atomic mass is 35.5. The number of hydrogen-bond donors (Lipinski definition) is 0. The van der Waals surface area contributed by atoms with Crippen LogP contribution in [-0.2, 0) is 18.3 Å². The summed E-state index contributed by atoms with van der Waals surface area (Å²) in [6.07, 6.45) is 0.315. The number of nitrogens with zero attached hydrogens (tertiary/aromatic N) is 2. The van der Waals surface area contributed by atoms with Crippen molar-refractivity contribution in [3.63, 3.8) is 0 Å². The van der Waals surface area contributed by atoms with Crippen LogP contribution in [0.3, 0.4) is 0 Å². The first-order chi connectivity index (χ1) is 8.09. The molecule has 0 saturated heterocycles. The third-order valence-corrected chi connectivity index (χ3v) is 2.92. The molecule has 0 unspecified atom stereocenters. The summed E-state index contributed by atoms with van der Waals surface area (Å²) in [6, 6.07) is 9.78. The average Bonchev–Trinajstić information content (AvgIpc) is 2.58. The van der Waals surface area contributed by atoms with Crippen LogP contribution < -0.4 is 0 Å². The molecule has 0 bridgehead atoms. The lowest BCUT2D eigenvalue weighted by molar-refractivity contribution is -0.116. The molecule has 0 aliphatic heterocycles. The summed E-state index contributed by atoms with van der Waals surface area (Å²) >= 11 is 6.06. The Morgan fingerprint density at radius 2 is 2.00 bits per heavy atom. The predicted octanol–water partition coefficient (Wildman–Crippen LogP) is 2.87. The summed E-state index contributed by atoms with van der Waals surface area (Å²) in [6.45, 7) is 1.55. The van der Waals surface area contributed by atoms with Crippen molar-refractivity contribution < 1.29 is 4.79 Å². The van der Waals surface area contributed by atoms with Crippen molar-refractivity contribution in [2.75, 3.05) is 0 Å². The smallest absolute Gasteiger partial charge is 0.151 e. The van der Waals surface area contributed by atoms with Gasteiger partial charge in [-0.15, -0.1) is 0 Å². The monoisotopic (exact) mass is 248 g/mol. The van der Waals surface area contributed by atoms with Gasteiger partial charge >= 0.3 is 0 Å². The van der Waals surface area contributed by atoms with Crippen molar-refractivity contribution in [3.05, 3.63) is 41.2 Å². The summed E-state index contributed by atoms with van der Waals surface area (Å²) < 4.78 is 1.87. The van der Waals surface area contributed by atoms with Gasteiger partial charge < -0.3 is 4.57 Å². The normalized spacial score (nSPS) is 10.5. The van der Waals surface area contributed by atoms with Gasteiger partial charge in [-0.2, -0.15) is 0 Å². The second-order valence-electron chi connectivity index (χ2n) is 3.98. The molecule has 0 radical (unpaired) electrons. The quantitative estimate of drug-likeness (QED) is 0.837. The molecule has 2 rings (SSSR count). The largest absolute Gasteiger partial charge is 0.329 e. The molecule has 88 valence electrons. The van der Waals surface area contributed by atoms with E-state index in [4.69, 9.17) is 11.6 Å². The lowest BCUT2D eigenvalue weighted by Crippen LogP contribution is -2.04. The Hall–Kier alpha value is -1.61. The van der Waals surface area contributed by atoms with Crippen LogP contribution >= 0.6 is 11.6 Å². The third-order valence-electron chi connectivity index (χ3n) is 2.61. The lowest BCUT2D eigenvalue weighted by Gasteiger charge is -2.04. The van der Waals surface area contributed by atoms with Gasteiger partial charge in [0.05, 0.1) is 5.69 Å². The maximum atomic E-state index is 11.2. The molecule has 0 aliphatic carbocycles. The van der Waals surface area contributed by atoms with Crippen molar-refractivity contribution in [1.82, 2.24) is 9.55 Å². The molecule has 2 aromatic rings. The van der Waals surface area contributed by atoms with Crippen molar-refractivity contribution >= 4 is 17.4 Å². The predicted molar refractivity (Wildman–Crippen MR) is 68.0 cm³/mol. The zero-order chi connectivity index (χ0) is 12.4. The molecule has 0 N–H and O–H groups in total. The number of Topliss-reactive ketones (excluding diaryl/α,β-unsaturated/α-hetero) is 1. The van der Waals surface area contributed by atoms with Crippen LogP contribution in [0, 0.1) is 0 Å². The number of rotatable bonds is 3. The summed E-state index contributed by atoms with van der Waals surface area (Å²) in [5, 5.41) is 0.404. The number of benzene rings is 1. The maximum Gasteiger partial charge on any atom is 0.151 e. The minimum Gasteiger partial charge on any atom is -0.329 e. The first-order valence-electron chi connectivity index (χ1n) is 5.35. The van der Waals surface area contributed by atoms with E-state index in [0.29, 0.717) is 11.6 Å². The van der Waals surface area contributed by atoms with Gasteiger partial charge in [-0.25, -0.2) is 4.98 Å². The van der Waals surface area contributed by atoms with E-state index in [0.717, 1.165) is 17.1 Å². The van der Waals surface area contributed by atoms with E-state index < -0.39 is 0 Å². The van der Waals surface area contributed by atoms with Gasteiger partial charge in [0, 0.05) is 19.0 Å². The fraction of sp³-hybridized carbons (Fsp3) is 0.231. The molecule has 17 heavy (non-hydrogen) atoms. The molecule has 1 heterocycles. The van der Waals surface area contributed by atoms with Crippen molar-refractivity contribution in [2.45, 2.75) is 13.3 Å². The van der Waals surface area contributed by atoms with E-state index in [1.165, 1.54) is 0 Å². The SMILES string of the molecule is CC(=O)Cc1c(Cl)nc(-c2ccccc2)n1C. The van der Waals surface area contributed by atoms with E-state index in [2.05, 4.69) is 4.98 Å². The van der Waals surface area contributed by atoms with E-state index in [9.17, 15) is 4.79 Å². The molecule has 0 fully saturated rings. The van der Waals surface area contributed by atoms with Crippen molar-refractivity contribution in [1.29, 1.82) is 0 Å². The van der Waals surface area contributed by atoms with Crippen LogP contribution in [0.5, 0.6) is 0 Å². The first-order valence-corrected chi connectivity index (χ1v) is 5.73. The molecule has 0 spiro atoms. The van der Waals surface area contributed by atoms with Crippen LogP contribution in [0.4, 0.5) is 0 Å². The zero-order valence-corrected chi connectivity index (χ0v) is 10.5. The standard InChI is InChI=1S/C13H13ClN2O/c1-9(17)8-11-12(14)15-13(16(11)2)10-6-4-3-5-7-10/h3-7H,8H2,1-2H3. The number of imidazole rings is 1. The first kappa shape index (κ1) is 11.9. The molecule has 0 saturated carbocycles. The maximum absolute atomic E-state index is 11.2. The lowest BCUT2D eigenvalue weighted by atomic mass is 10.2. The van der Waals surface area contributed by atoms with Crippen molar-refractivity contribution in [3.8, 4) is 11.4 Å². The molecular formula is C13H13ClN2O. The Morgan fingerprint density at radius 1 is 1.35 bits per heavy atom. The molecule has 0 aliphatic rings. The van der Waals surface area contributed by atoms with Crippen LogP contribution in [0.15, 0.2) is 30.3 Å². The Kier molecular flexibility index (Phi) is 3.29. The summed E-state index contributed by atoms with van der Waals surface area (Å²) in [7, 11) is 1.87. The molecule has 0 amide bonds. The molecule has 4 heteroatoms. The van der Waals surface area contributed by atoms with Gasteiger partial charge in [0.2, 0.25) is 0 Å². The summed E-state index contributed by atoms with van der Waals surface area (Å²) in [5.74, 6) is 0.862. The van der Waals surface area contributed by atoms with Crippen molar-refractivity contribution in [2.24, 2.45) is 7.05 Å². The van der Waals surface area contributed by atoms with Crippen LogP contribution in [-0.4, -0.2) is 15.3 Å². The minimum absolute atomic E-state index is 0.0783. The summed E-state index contributed by atoms with van der Waals surface area (Å²) in [5.41, 5.74) is 1.75. The van der Waals surface area contributed by atoms with Gasteiger partial charge in [-0.05, 0) is 6.92 Å². The topological polar surface area (TPSA) is 34.9 Å². The van der Waals surface area contributed by atoms with Crippen LogP contribution in [0.2, 0.25) is 5.15 Å². The highest BCUT2D eigenvalue weighted by Crippen LogP contribution is 2.24. The van der Waals surface area contributed by atoms with E-state index in [1.54, 1.807) is 6.92 Å². The van der Waals surface area contributed by atoms with Gasteiger partial charge in [-0.3, -0.25) is 4.79 Å². The fourth-order valence-electron chi connectivity index (χ4n) is 1.77. The fourth-order valence-corrected chi connectivity index (χ4v) is 2.05. The van der Waals surface area contributed by atoms with E-state index in [-0.39, 0.29) is 5.78 Å². The van der Waals surface area contributed by atoms with E-state index in [1.807, 2.05) is 41.9 Å². The van der Waals surface area contributed by atoms with Gasteiger partial charge in [0.15, 0.2) is 5.15 Å². The highest BCUT2D eigenvalue weighted by Gasteiger charge is 2.15. The van der Waals surface area contributed by atoms with Crippen LogP contribution in [0.25, 0.3) is 11.4 Å². The van der Waals surface area contributed by atoms with Crippen LogP contribution in [0.1, 0.15) is 12.6 Å². The van der Waals surface area contributed by atoms with Gasteiger partial charge in [0.25, 0.3) is 0 Å². The number of carbonyl (C=O) groups is 1. The number of halogens is 1. The van der Waals surface area contributed by atoms with E-state index >= 15 is 0 Å². The minimum atomic E-state index is 0.0783. The Bertz CT molecular complexity index is 546. The highest BCUT2D eigenvalue weighted by molar-refractivity contribution is 6.30. The number of carbonyl (C=O) groups excluding carboxylic acids is 1. The van der Waals surface area contributed by atoms with Gasteiger partial charge in [0.1, 0.15) is 11.6 Å². The summed E-state index contributed by atoms with van der Waals surface area (Å²) in [4.78, 5) is 15.5. The Balaban J connectivity index is 2.48. The van der Waals surface area contributed by atoms with Gasteiger partial charge in [-0.1, -0.05) is 41.9 Å². The number of hydrogen-bond acceptors (Lipinski definition) is 2. The Labute approximate surface area is 105 Å². The molecule has 0 atom stereocenters. The second-order valence-corrected chi connectivity index (χ2v) is 4.33. The molecule has 1 aromatic heterocycles. The molecule has 1 aromatic carbocycles. The zero-order valence-electron chi connectivity index (χ0n) is 9.77. The number of aromatic nitrogens is 2. The molecule has 3 nitrogen and oxygen atoms in total. The molecular weight excluding hydrogens is 236 g/mol. The number of ketones is 1. The Morgan fingerprint density at radius 3 is 2.59 bits per heavy atom. The average molecular weight is 249 g/mol.